The molecule has 0 radical (unpaired) electrons. The van der Waals surface area contributed by atoms with Gasteiger partial charge in [-0.15, -0.1) is 0 Å². The van der Waals surface area contributed by atoms with E-state index in [1.165, 1.54) is 12.1 Å². The van der Waals surface area contributed by atoms with Crippen molar-refractivity contribution in [2.75, 3.05) is 13.1 Å². The Kier molecular flexibility index (Phi) is 6.03. The Hall–Kier alpha value is -2.28. The molecule has 2 aromatic rings. The summed E-state index contributed by atoms with van der Waals surface area (Å²) in [5, 5.41) is 13.2. The van der Waals surface area contributed by atoms with E-state index in [1.54, 1.807) is 4.90 Å². The van der Waals surface area contributed by atoms with Crippen LogP contribution in [0, 0.1) is 25.5 Å². The fraction of sp³-hybridized carbons (Fsp3) is 0.412. The topological polar surface area (TPSA) is 58.4 Å². The van der Waals surface area contributed by atoms with Crippen molar-refractivity contribution in [1.29, 1.82) is 0 Å². The van der Waals surface area contributed by atoms with Gasteiger partial charge in [0.2, 0.25) is 0 Å². The highest BCUT2D eigenvalue weighted by Crippen LogP contribution is 2.14. The van der Waals surface area contributed by atoms with Crippen LogP contribution >= 0.6 is 0 Å². The number of benzene rings is 1. The summed E-state index contributed by atoms with van der Waals surface area (Å²) >= 11 is 0. The molecule has 0 aliphatic heterocycles. The van der Waals surface area contributed by atoms with Gasteiger partial charge in [-0.1, -0.05) is 12.1 Å². The van der Waals surface area contributed by atoms with Crippen LogP contribution in [-0.4, -0.2) is 38.8 Å². The van der Waals surface area contributed by atoms with Gasteiger partial charge in [0, 0.05) is 30.9 Å². The van der Waals surface area contributed by atoms with E-state index in [-0.39, 0.29) is 25.1 Å². The van der Waals surface area contributed by atoms with E-state index in [4.69, 9.17) is 5.11 Å². The van der Waals surface area contributed by atoms with Crippen molar-refractivity contribution in [3.8, 4) is 0 Å². The summed E-state index contributed by atoms with van der Waals surface area (Å²) in [5.74, 6) is -2.71. The van der Waals surface area contributed by atoms with Crippen LogP contribution in [0.4, 0.5) is 8.78 Å². The Balaban J connectivity index is 2.07. The van der Waals surface area contributed by atoms with Crippen LogP contribution in [-0.2, 0) is 17.9 Å². The molecular weight excluding hydrogens is 316 g/mol. The summed E-state index contributed by atoms with van der Waals surface area (Å²) in [6.45, 7) is 5.28. The third-order valence-corrected chi connectivity index (χ3v) is 3.80. The van der Waals surface area contributed by atoms with Crippen LogP contribution in [0.15, 0.2) is 24.3 Å². The van der Waals surface area contributed by atoms with Gasteiger partial charge in [0.05, 0.1) is 18.7 Å². The highest BCUT2D eigenvalue weighted by molar-refractivity contribution is 5.66. The number of aliphatic carboxylic acids is 1. The largest absolute Gasteiger partial charge is 0.481 e. The third kappa shape index (κ3) is 4.86. The minimum atomic E-state index is -0.925. The Morgan fingerprint density at radius 2 is 2.04 bits per heavy atom. The summed E-state index contributed by atoms with van der Waals surface area (Å²) < 4.78 is 29.0. The number of carboxylic acid groups (broad SMARTS) is 1. The molecule has 1 aromatic carbocycles. The second-order valence-corrected chi connectivity index (χ2v) is 5.78. The quantitative estimate of drug-likeness (QED) is 0.805. The molecule has 0 fully saturated rings. The first-order valence-corrected chi connectivity index (χ1v) is 7.75. The highest BCUT2D eigenvalue weighted by atomic mass is 19.2. The Morgan fingerprint density at radius 1 is 1.29 bits per heavy atom. The van der Waals surface area contributed by atoms with Crippen molar-refractivity contribution in [1.82, 2.24) is 14.7 Å². The molecule has 1 heterocycles. The number of halogens is 2. The first-order chi connectivity index (χ1) is 11.4. The maximum absolute atomic E-state index is 13.9. The summed E-state index contributed by atoms with van der Waals surface area (Å²) in [4.78, 5) is 12.6. The van der Waals surface area contributed by atoms with E-state index < -0.39 is 17.6 Å². The molecule has 7 heteroatoms. The van der Waals surface area contributed by atoms with E-state index >= 15 is 0 Å². The zero-order chi connectivity index (χ0) is 17.7. The Labute approximate surface area is 139 Å². The average Bonchev–Trinajstić information content (AvgIpc) is 2.84. The number of aromatic nitrogens is 2. The monoisotopic (exact) mass is 337 g/mol. The molecular formula is C17H21F2N3O2. The van der Waals surface area contributed by atoms with Crippen LogP contribution in [0.3, 0.4) is 0 Å². The lowest BCUT2D eigenvalue weighted by Crippen LogP contribution is -2.30. The molecule has 130 valence electrons. The molecule has 1 N–H and O–H groups in total. The van der Waals surface area contributed by atoms with Crippen molar-refractivity contribution in [3.05, 3.63) is 52.9 Å². The smallest absolute Gasteiger partial charge is 0.304 e. The molecule has 0 aliphatic carbocycles. The summed E-state index contributed by atoms with van der Waals surface area (Å²) in [6.07, 6.45) is -0.0615. The average molecular weight is 337 g/mol. The number of nitrogens with zero attached hydrogens (tertiary/aromatic N) is 3. The normalized spacial score (nSPS) is 11.2. The van der Waals surface area contributed by atoms with Crippen molar-refractivity contribution in [2.45, 2.75) is 33.4 Å². The van der Waals surface area contributed by atoms with Gasteiger partial charge >= 0.3 is 5.97 Å². The van der Waals surface area contributed by atoms with Gasteiger partial charge in [-0.25, -0.2) is 8.78 Å². The van der Waals surface area contributed by atoms with Crippen molar-refractivity contribution in [3.63, 3.8) is 0 Å². The number of hydrogen-bond donors (Lipinski definition) is 1. The molecule has 24 heavy (non-hydrogen) atoms. The predicted molar refractivity (Wildman–Crippen MR) is 85.6 cm³/mol. The van der Waals surface area contributed by atoms with E-state index in [2.05, 4.69) is 5.10 Å². The fourth-order valence-electron chi connectivity index (χ4n) is 2.57. The molecule has 0 saturated carbocycles. The Morgan fingerprint density at radius 3 is 2.67 bits per heavy atom. The van der Waals surface area contributed by atoms with Gasteiger partial charge in [0.15, 0.2) is 11.6 Å². The number of carboxylic acids is 1. The van der Waals surface area contributed by atoms with Gasteiger partial charge in [-0.2, -0.15) is 5.10 Å². The van der Waals surface area contributed by atoms with Crippen LogP contribution in [0.25, 0.3) is 0 Å². The lowest BCUT2D eigenvalue weighted by Gasteiger charge is -2.22. The maximum Gasteiger partial charge on any atom is 0.304 e. The Bertz CT molecular complexity index is 716. The molecule has 0 bridgehead atoms. The lowest BCUT2D eigenvalue weighted by atomic mass is 10.2. The van der Waals surface area contributed by atoms with Gasteiger partial charge in [0.25, 0.3) is 0 Å². The van der Waals surface area contributed by atoms with Gasteiger partial charge in [0.1, 0.15) is 0 Å². The van der Waals surface area contributed by atoms with Crippen LogP contribution in [0.1, 0.15) is 23.4 Å². The van der Waals surface area contributed by atoms with Crippen molar-refractivity contribution >= 4 is 5.97 Å². The predicted octanol–water partition coefficient (Wildman–Crippen LogP) is 2.76. The molecule has 5 nitrogen and oxygen atoms in total. The number of carbonyl (C=O) groups is 1. The summed E-state index contributed by atoms with van der Waals surface area (Å²) in [5.41, 5.74) is 2.12. The minimum absolute atomic E-state index is 0.0615. The molecule has 0 atom stereocenters. The zero-order valence-corrected chi connectivity index (χ0v) is 13.8. The van der Waals surface area contributed by atoms with Crippen LogP contribution < -0.4 is 0 Å². The van der Waals surface area contributed by atoms with E-state index in [9.17, 15) is 13.6 Å². The SMILES string of the molecule is Cc1cc(C)n(CCN(CCC(=O)O)Cc2cccc(F)c2F)n1. The van der Waals surface area contributed by atoms with E-state index in [1.807, 2.05) is 24.6 Å². The molecule has 0 spiro atoms. The van der Waals surface area contributed by atoms with Crippen molar-refractivity contribution in [2.24, 2.45) is 0 Å². The van der Waals surface area contributed by atoms with E-state index in [0.29, 0.717) is 13.1 Å². The van der Waals surface area contributed by atoms with Crippen LogP contribution in [0.2, 0.25) is 0 Å². The molecule has 0 saturated heterocycles. The zero-order valence-electron chi connectivity index (χ0n) is 13.8. The van der Waals surface area contributed by atoms with Gasteiger partial charge in [-0.05, 0) is 26.0 Å². The minimum Gasteiger partial charge on any atom is -0.481 e. The first-order valence-electron chi connectivity index (χ1n) is 7.75. The van der Waals surface area contributed by atoms with Gasteiger partial charge < -0.3 is 5.11 Å². The fourth-order valence-corrected chi connectivity index (χ4v) is 2.57. The summed E-state index contributed by atoms with van der Waals surface area (Å²) in [7, 11) is 0. The summed E-state index contributed by atoms with van der Waals surface area (Å²) in [6, 6.07) is 5.98. The highest BCUT2D eigenvalue weighted by Gasteiger charge is 2.14. The third-order valence-electron chi connectivity index (χ3n) is 3.80. The van der Waals surface area contributed by atoms with E-state index in [0.717, 1.165) is 17.5 Å². The number of rotatable bonds is 8. The molecule has 0 aliphatic rings. The standard InChI is InChI=1S/C17H21F2N3O2/c1-12-10-13(2)22(20-12)9-8-21(7-6-16(23)24)11-14-4-3-5-15(18)17(14)19/h3-5,10H,6-9,11H2,1-2H3,(H,23,24). The van der Waals surface area contributed by atoms with Crippen LogP contribution in [0.5, 0.6) is 0 Å². The molecule has 0 unspecified atom stereocenters. The maximum atomic E-state index is 13.9. The first kappa shape index (κ1) is 18.1. The number of hydrogen-bond acceptors (Lipinski definition) is 3. The second-order valence-electron chi connectivity index (χ2n) is 5.78. The van der Waals surface area contributed by atoms with Crippen molar-refractivity contribution < 1.29 is 18.7 Å². The molecule has 0 amide bonds. The number of aryl methyl sites for hydroxylation is 2. The second kappa shape index (κ2) is 8.01. The molecule has 1 aromatic heterocycles. The lowest BCUT2D eigenvalue weighted by molar-refractivity contribution is -0.137. The molecule has 2 rings (SSSR count). The van der Waals surface area contributed by atoms with Gasteiger partial charge in [-0.3, -0.25) is 14.4 Å².